The summed E-state index contributed by atoms with van der Waals surface area (Å²) in [6.07, 6.45) is 0. The molecule has 1 aromatic rings. The van der Waals surface area contributed by atoms with Gasteiger partial charge in [0.1, 0.15) is 0 Å². The maximum absolute atomic E-state index is 5.32. The smallest absolute Gasteiger partial charge is 0.168 e. The fourth-order valence-electron chi connectivity index (χ4n) is 0.865. The molecule has 0 heterocycles. The topological polar surface area (TPSA) is 38.0 Å². The van der Waals surface area contributed by atoms with Crippen LogP contribution in [0, 0.1) is 6.92 Å². The van der Waals surface area contributed by atoms with Crippen molar-refractivity contribution in [1.82, 2.24) is 0 Å². The molecule has 0 atom stereocenters. The van der Waals surface area contributed by atoms with E-state index in [0.717, 1.165) is 15.7 Å². The molecule has 0 saturated heterocycles. The maximum Gasteiger partial charge on any atom is 0.168 e. The van der Waals surface area contributed by atoms with Crippen molar-refractivity contribution >= 4 is 38.9 Å². The van der Waals surface area contributed by atoms with E-state index >= 15 is 0 Å². The molecule has 2 nitrogen and oxygen atoms in total. The molecule has 0 aliphatic carbocycles. The van der Waals surface area contributed by atoms with Gasteiger partial charge >= 0.3 is 0 Å². The molecule has 0 radical (unpaired) electrons. The van der Waals surface area contributed by atoms with Gasteiger partial charge in [0.05, 0.1) is 0 Å². The highest BCUT2D eigenvalue weighted by Crippen LogP contribution is 2.19. The third-order valence-corrected chi connectivity index (χ3v) is 2.42. The Balaban J connectivity index is 2.89. The predicted molar refractivity (Wildman–Crippen MR) is 59.3 cm³/mol. The highest BCUT2D eigenvalue weighted by atomic mass is 79.9. The molecule has 0 amide bonds. The van der Waals surface area contributed by atoms with E-state index < -0.39 is 0 Å². The Morgan fingerprint density at radius 3 is 2.75 bits per heavy atom. The second kappa shape index (κ2) is 3.87. The van der Waals surface area contributed by atoms with E-state index in [9.17, 15) is 0 Å². The predicted octanol–water partition coefficient (Wildman–Crippen LogP) is 2.41. The van der Waals surface area contributed by atoms with Crippen molar-refractivity contribution in [3.8, 4) is 0 Å². The normalized spacial score (nSPS) is 9.50. The Morgan fingerprint density at radius 1 is 1.58 bits per heavy atom. The van der Waals surface area contributed by atoms with Gasteiger partial charge in [-0.3, -0.25) is 0 Å². The summed E-state index contributed by atoms with van der Waals surface area (Å²) in [4.78, 5) is 0. The first-order valence-electron chi connectivity index (χ1n) is 3.42. The van der Waals surface area contributed by atoms with E-state index in [0.29, 0.717) is 0 Å². The number of nitrogens with one attached hydrogen (secondary N) is 1. The number of benzene rings is 1. The number of nitrogens with two attached hydrogens (primary N) is 1. The molecule has 0 aromatic heterocycles. The van der Waals surface area contributed by atoms with Crippen LogP contribution in [0.15, 0.2) is 22.7 Å². The fraction of sp³-hybridized carbons (Fsp3) is 0.125. The van der Waals surface area contributed by atoms with Crippen LogP contribution in [0.25, 0.3) is 0 Å². The van der Waals surface area contributed by atoms with Crippen molar-refractivity contribution in [1.29, 1.82) is 0 Å². The van der Waals surface area contributed by atoms with Crippen molar-refractivity contribution in [3.63, 3.8) is 0 Å². The highest BCUT2D eigenvalue weighted by molar-refractivity contribution is 9.10. The maximum atomic E-state index is 5.32. The van der Waals surface area contributed by atoms with Gasteiger partial charge in [-0.25, -0.2) is 0 Å². The van der Waals surface area contributed by atoms with E-state index in [2.05, 4.69) is 21.2 Å². The van der Waals surface area contributed by atoms with Crippen LogP contribution in [0.3, 0.4) is 0 Å². The monoisotopic (exact) mass is 244 g/mol. The highest BCUT2D eigenvalue weighted by Gasteiger charge is 1.96. The molecule has 0 unspecified atom stereocenters. The van der Waals surface area contributed by atoms with Crippen LogP contribution < -0.4 is 11.1 Å². The molecule has 0 spiro atoms. The summed E-state index contributed by atoms with van der Waals surface area (Å²) < 4.78 is 1.08. The van der Waals surface area contributed by atoms with Gasteiger partial charge in [0.15, 0.2) is 5.11 Å². The summed E-state index contributed by atoms with van der Waals surface area (Å²) >= 11 is 8.11. The number of hydrogen-bond donors (Lipinski definition) is 2. The first-order chi connectivity index (χ1) is 5.59. The van der Waals surface area contributed by atoms with Gasteiger partial charge in [0.2, 0.25) is 0 Å². The van der Waals surface area contributed by atoms with Gasteiger partial charge in [0.25, 0.3) is 0 Å². The van der Waals surface area contributed by atoms with Crippen LogP contribution in [-0.4, -0.2) is 5.11 Å². The average Bonchev–Trinajstić information content (AvgIpc) is 1.96. The van der Waals surface area contributed by atoms with Gasteiger partial charge in [-0.1, -0.05) is 15.9 Å². The molecule has 0 aliphatic heterocycles. The molecular weight excluding hydrogens is 236 g/mol. The van der Waals surface area contributed by atoms with Crippen molar-refractivity contribution in [2.45, 2.75) is 6.92 Å². The lowest BCUT2D eigenvalue weighted by Gasteiger charge is -2.05. The Hall–Kier alpha value is -0.610. The zero-order valence-electron chi connectivity index (χ0n) is 6.60. The Labute approximate surface area is 85.3 Å². The number of aryl methyl sites for hydroxylation is 1. The molecule has 4 heteroatoms. The van der Waals surface area contributed by atoms with Crippen LogP contribution in [0.1, 0.15) is 5.56 Å². The molecule has 12 heavy (non-hydrogen) atoms. The summed E-state index contributed by atoms with van der Waals surface area (Å²) in [6.45, 7) is 2.01. The second-order valence-electron chi connectivity index (χ2n) is 2.45. The van der Waals surface area contributed by atoms with E-state index in [1.54, 1.807) is 0 Å². The Morgan fingerprint density at radius 2 is 2.25 bits per heavy atom. The summed E-state index contributed by atoms with van der Waals surface area (Å²) in [5, 5.41) is 3.15. The Kier molecular flexibility index (Phi) is 3.05. The number of thiocarbonyl (C=S) groups is 1. The number of halogens is 1. The van der Waals surface area contributed by atoms with Crippen molar-refractivity contribution in [2.24, 2.45) is 5.73 Å². The molecule has 0 aliphatic rings. The molecule has 1 rings (SSSR count). The lowest BCUT2D eigenvalue weighted by molar-refractivity contribution is 1.42. The molecule has 0 fully saturated rings. The quantitative estimate of drug-likeness (QED) is 0.746. The minimum Gasteiger partial charge on any atom is -0.376 e. The van der Waals surface area contributed by atoms with E-state index in [1.807, 2.05) is 25.1 Å². The zero-order valence-corrected chi connectivity index (χ0v) is 9.00. The molecule has 3 N–H and O–H groups in total. The lowest BCUT2D eigenvalue weighted by atomic mass is 10.2. The third kappa shape index (κ3) is 2.46. The average molecular weight is 245 g/mol. The second-order valence-corrected chi connectivity index (χ2v) is 3.75. The number of hydrogen-bond acceptors (Lipinski definition) is 1. The van der Waals surface area contributed by atoms with E-state index in [-0.39, 0.29) is 5.11 Å². The van der Waals surface area contributed by atoms with E-state index in [1.165, 1.54) is 0 Å². The minimum atomic E-state index is 0.289. The summed E-state index contributed by atoms with van der Waals surface area (Å²) in [5.74, 6) is 0. The molecule has 0 bridgehead atoms. The van der Waals surface area contributed by atoms with Gasteiger partial charge in [-0.2, -0.15) is 0 Å². The third-order valence-electron chi connectivity index (χ3n) is 1.43. The van der Waals surface area contributed by atoms with E-state index in [4.69, 9.17) is 18.0 Å². The van der Waals surface area contributed by atoms with Crippen LogP contribution >= 0.6 is 28.1 Å². The molecular formula is C8H9BrN2S. The van der Waals surface area contributed by atoms with Crippen LogP contribution in [0.4, 0.5) is 5.69 Å². The van der Waals surface area contributed by atoms with Crippen molar-refractivity contribution < 1.29 is 0 Å². The van der Waals surface area contributed by atoms with Crippen LogP contribution in [-0.2, 0) is 0 Å². The minimum absolute atomic E-state index is 0.289. The summed E-state index contributed by atoms with van der Waals surface area (Å²) in [7, 11) is 0. The SMILES string of the molecule is Cc1cc(NC(N)=S)ccc1Br. The Bertz CT molecular complexity index is 312. The van der Waals surface area contributed by atoms with Gasteiger partial charge < -0.3 is 11.1 Å². The standard InChI is InChI=1S/C8H9BrN2S/c1-5-4-6(11-8(10)12)2-3-7(5)9/h2-4H,1H3,(H3,10,11,12). The van der Waals surface area contributed by atoms with Gasteiger partial charge in [-0.15, -0.1) is 0 Å². The fourth-order valence-corrected chi connectivity index (χ4v) is 1.23. The van der Waals surface area contributed by atoms with Crippen LogP contribution in [0.5, 0.6) is 0 Å². The van der Waals surface area contributed by atoms with Crippen molar-refractivity contribution in [3.05, 3.63) is 28.2 Å². The number of rotatable bonds is 1. The lowest BCUT2D eigenvalue weighted by Crippen LogP contribution is -2.18. The summed E-state index contributed by atoms with van der Waals surface area (Å²) in [6, 6.07) is 5.84. The van der Waals surface area contributed by atoms with Gasteiger partial charge in [0, 0.05) is 10.2 Å². The largest absolute Gasteiger partial charge is 0.376 e. The van der Waals surface area contributed by atoms with Crippen molar-refractivity contribution in [2.75, 3.05) is 5.32 Å². The number of anilines is 1. The molecule has 0 saturated carbocycles. The molecule has 64 valence electrons. The van der Waals surface area contributed by atoms with Gasteiger partial charge in [-0.05, 0) is 42.9 Å². The first-order valence-corrected chi connectivity index (χ1v) is 4.62. The molecule has 1 aromatic carbocycles. The zero-order chi connectivity index (χ0) is 9.14. The summed E-state index contributed by atoms with van der Waals surface area (Å²) in [5.41, 5.74) is 7.39. The first kappa shape index (κ1) is 9.48. The van der Waals surface area contributed by atoms with Crippen LogP contribution in [0.2, 0.25) is 0 Å².